The topological polar surface area (TPSA) is 50.1 Å². The molecule has 6 heteroatoms. The third-order valence-corrected chi connectivity index (χ3v) is 2.89. The van der Waals surface area contributed by atoms with Crippen LogP contribution < -0.4 is 10.6 Å². The number of nitrogens with zero attached hydrogens (tertiary/aromatic N) is 1. The van der Waals surface area contributed by atoms with Crippen LogP contribution in [-0.4, -0.2) is 29.1 Å². The predicted molar refractivity (Wildman–Crippen MR) is 66.9 cm³/mol. The van der Waals surface area contributed by atoms with Crippen molar-refractivity contribution in [1.29, 1.82) is 0 Å². The molecular formula is C9H15N3OS2. The average molecular weight is 245 g/mol. The molecule has 2 N–H and O–H groups in total. The molecule has 1 aromatic heterocycles. The van der Waals surface area contributed by atoms with Gasteiger partial charge < -0.3 is 15.2 Å². The van der Waals surface area contributed by atoms with Crippen molar-refractivity contribution in [2.75, 3.05) is 18.8 Å². The number of hydrogen-bond acceptors (Lipinski definition) is 4. The zero-order valence-corrected chi connectivity index (χ0v) is 10.3. The Hall–Kier alpha value is -0.750. The smallest absolute Gasteiger partial charge is 0.166 e. The third kappa shape index (κ3) is 5.64. The van der Waals surface area contributed by atoms with Crippen LogP contribution in [0, 0.1) is 0 Å². The molecule has 15 heavy (non-hydrogen) atoms. The lowest BCUT2D eigenvalue weighted by atomic mass is 10.5. The van der Waals surface area contributed by atoms with Crippen LogP contribution in [-0.2, 0) is 5.75 Å². The highest BCUT2D eigenvalue weighted by Gasteiger charge is 1.97. The standard InChI is InChI=1S/C9H15N3OS2/c1-2-10-9(14)11-4-6-15-7-8-3-5-13-12-8/h3,5H,2,4,6-7H2,1H3,(H2,10,11,14). The van der Waals surface area contributed by atoms with Crippen LogP contribution in [0.3, 0.4) is 0 Å². The number of rotatable bonds is 6. The van der Waals surface area contributed by atoms with E-state index >= 15 is 0 Å². The minimum Gasteiger partial charge on any atom is -0.364 e. The second kappa shape index (κ2) is 7.53. The zero-order chi connectivity index (χ0) is 10.9. The van der Waals surface area contributed by atoms with Crippen molar-refractivity contribution in [2.45, 2.75) is 12.7 Å². The van der Waals surface area contributed by atoms with Crippen LogP contribution in [0.25, 0.3) is 0 Å². The van der Waals surface area contributed by atoms with E-state index in [9.17, 15) is 0 Å². The molecule has 0 fully saturated rings. The summed E-state index contributed by atoms with van der Waals surface area (Å²) in [6.07, 6.45) is 1.59. The average Bonchev–Trinajstić information content (AvgIpc) is 2.70. The van der Waals surface area contributed by atoms with Crippen LogP contribution in [0.4, 0.5) is 0 Å². The van der Waals surface area contributed by atoms with E-state index in [0.29, 0.717) is 0 Å². The van der Waals surface area contributed by atoms with E-state index in [1.54, 1.807) is 18.0 Å². The van der Waals surface area contributed by atoms with Gasteiger partial charge >= 0.3 is 0 Å². The van der Waals surface area contributed by atoms with Gasteiger partial charge in [-0.25, -0.2) is 0 Å². The predicted octanol–water partition coefficient (Wildman–Crippen LogP) is 1.39. The third-order valence-electron chi connectivity index (χ3n) is 1.61. The van der Waals surface area contributed by atoms with Gasteiger partial charge in [0.15, 0.2) is 5.11 Å². The van der Waals surface area contributed by atoms with E-state index in [-0.39, 0.29) is 0 Å². The fourth-order valence-corrected chi connectivity index (χ4v) is 1.94. The summed E-state index contributed by atoms with van der Waals surface area (Å²) in [7, 11) is 0. The molecule has 0 radical (unpaired) electrons. The second-order valence-electron chi connectivity index (χ2n) is 2.83. The largest absolute Gasteiger partial charge is 0.364 e. The molecule has 1 heterocycles. The summed E-state index contributed by atoms with van der Waals surface area (Å²) in [5.74, 6) is 1.88. The van der Waals surface area contributed by atoms with Crippen molar-refractivity contribution in [3.8, 4) is 0 Å². The van der Waals surface area contributed by atoms with Gasteiger partial charge in [-0.05, 0) is 19.1 Å². The van der Waals surface area contributed by atoms with Crippen LogP contribution >= 0.6 is 24.0 Å². The van der Waals surface area contributed by atoms with E-state index in [2.05, 4.69) is 15.8 Å². The van der Waals surface area contributed by atoms with Crippen molar-refractivity contribution >= 4 is 29.1 Å². The highest BCUT2D eigenvalue weighted by Crippen LogP contribution is 2.08. The maximum absolute atomic E-state index is 5.02. The van der Waals surface area contributed by atoms with Gasteiger partial charge in [0, 0.05) is 30.7 Å². The Kier molecular flexibility index (Phi) is 6.18. The van der Waals surface area contributed by atoms with Gasteiger partial charge in [0.25, 0.3) is 0 Å². The summed E-state index contributed by atoms with van der Waals surface area (Å²) in [4.78, 5) is 0. The first kappa shape index (κ1) is 12.3. The first-order valence-electron chi connectivity index (χ1n) is 4.81. The Bertz CT molecular complexity index is 277. The summed E-state index contributed by atoms with van der Waals surface area (Å²) in [6, 6.07) is 1.88. The molecule has 0 atom stereocenters. The molecule has 84 valence electrons. The molecule has 0 aliphatic carbocycles. The van der Waals surface area contributed by atoms with Gasteiger partial charge in [-0.15, -0.1) is 0 Å². The number of hydrogen-bond donors (Lipinski definition) is 2. The van der Waals surface area contributed by atoms with Crippen molar-refractivity contribution in [3.05, 3.63) is 18.0 Å². The van der Waals surface area contributed by atoms with Crippen molar-refractivity contribution < 1.29 is 4.52 Å². The Morgan fingerprint density at radius 2 is 2.47 bits per heavy atom. The first-order valence-corrected chi connectivity index (χ1v) is 6.38. The minimum absolute atomic E-state index is 0.722. The molecule has 0 amide bonds. The van der Waals surface area contributed by atoms with Gasteiger partial charge in [-0.2, -0.15) is 11.8 Å². The second-order valence-corrected chi connectivity index (χ2v) is 4.34. The maximum atomic E-state index is 5.02. The molecule has 0 aromatic carbocycles. The van der Waals surface area contributed by atoms with Crippen molar-refractivity contribution in [3.63, 3.8) is 0 Å². The number of thiocarbonyl (C=S) groups is 1. The highest BCUT2D eigenvalue weighted by molar-refractivity contribution is 7.98. The molecule has 1 aromatic rings. The molecule has 0 unspecified atom stereocenters. The molecule has 0 aliphatic rings. The summed E-state index contributed by atoms with van der Waals surface area (Å²) >= 11 is 6.82. The molecule has 0 saturated carbocycles. The van der Waals surface area contributed by atoms with Gasteiger partial charge in [-0.1, -0.05) is 5.16 Å². The van der Waals surface area contributed by atoms with E-state index < -0.39 is 0 Å². The summed E-state index contributed by atoms with van der Waals surface area (Å²) in [5.41, 5.74) is 0.981. The Labute approximate surface area is 99.2 Å². The molecule has 4 nitrogen and oxygen atoms in total. The van der Waals surface area contributed by atoms with E-state index in [4.69, 9.17) is 16.7 Å². The molecule has 0 bridgehead atoms. The molecule has 1 rings (SSSR count). The van der Waals surface area contributed by atoms with Gasteiger partial charge in [0.2, 0.25) is 0 Å². The summed E-state index contributed by atoms with van der Waals surface area (Å²) in [6.45, 7) is 3.75. The van der Waals surface area contributed by atoms with E-state index in [1.165, 1.54) is 0 Å². The quantitative estimate of drug-likeness (QED) is 0.583. The Morgan fingerprint density at radius 1 is 1.60 bits per heavy atom. The number of nitrogens with one attached hydrogen (secondary N) is 2. The first-order chi connectivity index (χ1) is 7.33. The lowest BCUT2D eigenvalue weighted by Gasteiger charge is -2.07. The van der Waals surface area contributed by atoms with Crippen molar-refractivity contribution in [1.82, 2.24) is 15.8 Å². The number of aromatic nitrogens is 1. The Morgan fingerprint density at radius 3 is 3.13 bits per heavy atom. The van der Waals surface area contributed by atoms with Crippen LogP contribution in [0.15, 0.2) is 16.9 Å². The van der Waals surface area contributed by atoms with Crippen LogP contribution in [0.1, 0.15) is 12.6 Å². The monoisotopic (exact) mass is 245 g/mol. The SMILES string of the molecule is CCNC(=S)NCCSCc1ccon1. The zero-order valence-electron chi connectivity index (χ0n) is 8.66. The van der Waals surface area contributed by atoms with E-state index in [1.807, 2.05) is 13.0 Å². The maximum Gasteiger partial charge on any atom is 0.166 e. The number of thioether (sulfide) groups is 1. The van der Waals surface area contributed by atoms with Gasteiger partial charge in [0.05, 0.1) is 5.69 Å². The Balaban J connectivity index is 1.95. The lowest BCUT2D eigenvalue weighted by Crippen LogP contribution is -2.36. The fourth-order valence-electron chi connectivity index (χ4n) is 0.949. The van der Waals surface area contributed by atoms with Crippen LogP contribution in [0.2, 0.25) is 0 Å². The normalized spacial score (nSPS) is 9.93. The fraction of sp³-hybridized carbons (Fsp3) is 0.556. The van der Waals surface area contributed by atoms with Gasteiger partial charge in [-0.3, -0.25) is 0 Å². The van der Waals surface area contributed by atoms with E-state index in [0.717, 1.165) is 35.4 Å². The molecule has 0 spiro atoms. The molecular weight excluding hydrogens is 230 g/mol. The summed E-state index contributed by atoms with van der Waals surface area (Å²) in [5, 5.41) is 10.7. The molecule has 0 aliphatic heterocycles. The minimum atomic E-state index is 0.722. The lowest BCUT2D eigenvalue weighted by molar-refractivity contribution is 0.414. The summed E-state index contributed by atoms with van der Waals surface area (Å²) < 4.78 is 4.73. The van der Waals surface area contributed by atoms with Gasteiger partial charge in [0.1, 0.15) is 6.26 Å². The highest BCUT2D eigenvalue weighted by atomic mass is 32.2. The van der Waals surface area contributed by atoms with Crippen molar-refractivity contribution in [2.24, 2.45) is 0 Å². The molecule has 0 saturated heterocycles. The van der Waals surface area contributed by atoms with Crippen LogP contribution in [0.5, 0.6) is 0 Å².